The molecule has 0 unspecified atom stereocenters. The molecular weight excluding hydrogens is 134 g/mol. The second kappa shape index (κ2) is 5.22. The molecule has 0 saturated heterocycles. The molecule has 0 rings (SSSR count). The highest BCUT2D eigenvalue weighted by Crippen LogP contribution is 2.11. The van der Waals surface area contributed by atoms with Crippen molar-refractivity contribution in [3.05, 3.63) is 12.3 Å². The van der Waals surface area contributed by atoms with Gasteiger partial charge in [-0.15, -0.1) is 0 Å². The van der Waals surface area contributed by atoms with Crippen LogP contribution in [0.15, 0.2) is 12.3 Å². The monoisotopic (exact) mass is 155 g/mol. The second-order valence-electron chi connectivity index (χ2n) is 3.20. The molecule has 0 N–H and O–H groups in total. The average Bonchev–Trinajstić information content (AvgIpc) is 1.88. The van der Waals surface area contributed by atoms with Crippen LogP contribution >= 0.6 is 0 Å². The van der Waals surface area contributed by atoms with Gasteiger partial charge >= 0.3 is 0 Å². The molecule has 0 aliphatic carbocycles. The van der Waals surface area contributed by atoms with Gasteiger partial charge in [0, 0.05) is 18.3 Å². The van der Waals surface area contributed by atoms with Crippen LogP contribution in [0.1, 0.15) is 40.5 Å². The lowest BCUT2D eigenvalue weighted by atomic mass is 10.2. The largest absolute Gasteiger partial charge is 0.373 e. The second-order valence-corrected chi connectivity index (χ2v) is 3.20. The zero-order chi connectivity index (χ0) is 8.85. The fraction of sp³-hybridized carbons (Fsp3) is 0.800. The minimum absolute atomic E-state index is 0.596. The Bertz CT molecular complexity index is 116. The van der Waals surface area contributed by atoms with Gasteiger partial charge in [0.1, 0.15) is 0 Å². The maximum absolute atomic E-state index is 4.06. The summed E-state index contributed by atoms with van der Waals surface area (Å²) in [4.78, 5) is 2.35. The summed E-state index contributed by atoms with van der Waals surface area (Å²) in [6, 6.07) is 0.596. The van der Waals surface area contributed by atoms with Gasteiger partial charge < -0.3 is 4.90 Å². The van der Waals surface area contributed by atoms with E-state index in [9.17, 15) is 0 Å². The quantitative estimate of drug-likeness (QED) is 0.590. The molecule has 0 spiro atoms. The Hall–Kier alpha value is -0.460. The third kappa shape index (κ3) is 3.45. The van der Waals surface area contributed by atoms with Crippen molar-refractivity contribution in [3.8, 4) is 0 Å². The van der Waals surface area contributed by atoms with Gasteiger partial charge in [0.25, 0.3) is 0 Å². The van der Waals surface area contributed by atoms with E-state index >= 15 is 0 Å². The van der Waals surface area contributed by atoms with E-state index in [1.54, 1.807) is 0 Å². The smallest absolute Gasteiger partial charge is 0.0230 e. The van der Waals surface area contributed by atoms with Crippen molar-refractivity contribution in [1.29, 1.82) is 0 Å². The van der Waals surface area contributed by atoms with Crippen LogP contribution in [0.3, 0.4) is 0 Å². The predicted octanol–water partition coefficient (Wildman–Crippen LogP) is 3.03. The number of hydrogen-bond acceptors (Lipinski definition) is 1. The van der Waals surface area contributed by atoms with E-state index in [4.69, 9.17) is 0 Å². The van der Waals surface area contributed by atoms with E-state index in [1.807, 2.05) is 0 Å². The van der Waals surface area contributed by atoms with Gasteiger partial charge in [-0.3, -0.25) is 0 Å². The summed E-state index contributed by atoms with van der Waals surface area (Å²) in [5.41, 5.74) is 1.28. The van der Waals surface area contributed by atoms with Gasteiger partial charge in [-0.25, -0.2) is 0 Å². The molecule has 0 bridgehead atoms. The highest BCUT2D eigenvalue weighted by molar-refractivity contribution is 4.94. The lowest BCUT2D eigenvalue weighted by Gasteiger charge is -2.29. The van der Waals surface area contributed by atoms with Crippen LogP contribution < -0.4 is 0 Å². The molecule has 0 heterocycles. The van der Waals surface area contributed by atoms with Crippen LogP contribution in [0, 0.1) is 0 Å². The van der Waals surface area contributed by atoms with Crippen LogP contribution in [-0.2, 0) is 0 Å². The van der Waals surface area contributed by atoms with E-state index in [-0.39, 0.29) is 0 Å². The van der Waals surface area contributed by atoms with Crippen LogP contribution in [0.5, 0.6) is 0 Å². The molecule has 0 atom stereocenters. The van der Waals surface area contributed by atoms with E-state index in [0.29, 0.717) is 6.04 Å². The Morgan fingerprint density at radius 1 is 1.36 bits per heavy atom. The summed E-state index contributed by atoms with van der Waals surface area (Å²) in [5, 5.41) is 0. The maximum Gasteiger partial charge on any atom is 0.0230 e. The van der Waals surface area contributed by atoms with Gasteiger partial charge in [0.05, 0.1) is 0 Å². The Balaban J connectivity index is 3.92. The summed E-state index contributed by atoms with van der Waals surface area (Å²) < 4.78 is 0. The standard InChI is InChI=1S/C10H21N/c1-6-8-10(5)11(7-2)9(3)4/h9H,5-8H2,1-4H3. The zero-order valence-electron chi connectivity index (χ0n) is 8.35. The first-order chi connectivity index (χ1) is 5.13. The summed E-state index contributed by atoms with van der Waals surface area (Å²) in [6.45, 7) is 13.9. The van der Waals surface area contributed by atoms with Crippen LogP contribution in [0.2, 0.25) is 0 Å². The molecule has 0 amide bonds. The van der Waals surface area contributed by atoms with Crippen LogP contribution in [-0.4, -0.2) is 17.5 Å². The van der Waals surface area contributed by atoms with E-state index in [2.05, 4.69) is 39.2 Å². The first kappa shape index (κ1) is 10.5. The molecule has 0 aromatic heterocycles. The number of rotatable bonds is 5. The van der Waals surface area contributed by atoms with E-state index < -0.39 is 0 Å². The topological polar surface area (TPSA) is 3.24 Å². The van der Waals surface area contributed by atoms with Gasteiger partial charge in [-0.05, 0) is 27.2 Å². The van der Waals surface area contributed by atoms with E-state index in [0.717, 1.165) is 13.0 Å². The number of allylic oxidation sites excluding steroid dienone is 1. The Labute approximate surface area is 71.1 Å². The molecular formula is C10H21N. The van der Waals surface area contributed by atoms with Gasteiger partial charge in [-0.2, -0.15) is 0 Å². The van der Waals surface area contributed by atoms with Crippen molar-refractivity contribution >= 4 is 0 Å². The maximum atomic E-state index is 4.06. The molecule has 0 aliphatic heterocycles. The normalized spacial score (nSPS) is 10.3. The summed E-state index contributed by atoms with van der Waals surface area (Å²) in [6.07, 6.45) is 2.33. The van der Waals surface area contributed by atoms with Crippen molar-refractivity contribution in [3.63, 3.8) is 0 Å². The predicted molar refractivity (Wildman–Crippen MR) is 51.6 cm³/mol. The summed E-state index contributed by atoms with van der Waals surface area (Å²) in [5.74, 6) is 0. The van der Waals surface area contributed by atoms with Crippen molar-refractivity contribution in [1.82, 2.24) is 4.90 Å². The molecule has 0 aromatic carbocycles. The first-order valence-corrected chi connectivity index (χ1v) is 4.57. The minimum atomic E-state index is 0.596. The number of nitrogens with zero attached hydrogens (tertiary/aromatic N) is 1. The third-order valence-corrected chi connectivity index (χ3v) is 1.91. The summed E-state index contributed by atoms with van der Waals surface area (Å²) >= 11 is 0. The highest BCUT2D eigenvalue weighted by Gasteiger charge is 2.07. The van der Waals surface area contributed by atoms with Crippen molar-refractivity contribution < 1.29 is 0 Å². The van der Waals surface area contributed by atoms with Crippen molar-refractivity contribution in [2.24, 2.45) is 0 Å². The van der Waals surface area contributed by atoms with Crippen LogP contribution in [0.25, 0.3) is 0 Å². The molecule has 66 valence electrons. The molecule has 0 saturated carbocycles. The molecule has 1 nitrogen and oxygen atoms in total. The zero-order valence-corrected chi connectivity index (χ0v) is 8.35. The lowest BCUT2D eigenvalue weighted by molar-refractivity contribution is 0.289. The van der Waals surface area contributed by atoms with Gasteiger partial charge in [0.2, 0.25) is 0 Å². The molecule has 11 heavy (non-hydrogen) atoms. The molecule has 0 aliphatic rings. The Morgan fingerprint density at radius 3 is 2.18 bits per heavy atom. The average molecular weight is 155 g/mol. The molecule has 1 heteroatoms. The highest BCUT2D eigenvalue weighted by atomic mass is 15.1. The Morgan fingerprint density at radius 2 is 1.91 bits per heavy atom. The summed E-state index contributed by atoms with van der Waals surface area (Å²) in [7, 11) is 0. The van der Waals surface area contributed by atoms with E-state index in [1.165, 1.54) is 12.1 Å². The lowest BCUT2D eigenvalue weighted by Crippen LogP contribution is -2.29. The Kier molecular flexibility index (Phi) is 5.01. The molecule has 0 radical (unpaired) electrons. The molecule has 0 aromatic rings. The fourth-order valence-corrected chi connectivity index (χ4v) is 1.39. The number of hydrogen-bond donors (Lipinski definition) is 0. The van der Waals surface area contributed by atoms with Gasteiger partial charge in [-0.1, -0.05) is 19.9 Å². The molecule has 0 fully saturated rings. The van der Waals surface area contributed by atoms with Crippen molar-refractivity contribution in [2.45, 2.75) is 46.6 Å². The first-order valence-electron chi connectivity index (χ1n) is 4.57. The van der Waals surface area contributed by atoms with Crippen molar-refractivity contribution in [2.75, 3.05) is 6.54 Å². The van der Waals surface area contributed by atoms with Crippen LogP contribution in [0.4, 0.5) is 0 Å². The fourth-order valence-electron chi connectivity index (χ4n) is 1.39. The van der Waals surface area contributed by atoms with Gasteiger partial charge in [0.15, 0.2) is 0 Å². The third-order valence-electron chi connectivity index (χ3n) is 1.91. The SMILES string of the molecule is C=C(CCC)N(CC)C(C)C. The minimum Gasteiger partial charge on any atom is -0.373 e.